The number of rotatable bonds is 6. The molecule has 5 nitrogen and oxygen atoms in total. The predicted molar refractivity (Wildman–Crippen MR) is 72.6 cm³/mol. The highest BCUT2D eigenvalue weighted by Crippen LogP contribution is 2.20. The molecular weight excluding hydrogens is 240 g/mol. The van der Waals surface area contributed by atoms with Gasteiger partial charge in [-0.3, -0.25) is 0 Å². The first-order valence-corrected chi connectivity index (χ1v) is 6.68. The summed E-state index contributed by atoms with van der Waals surface area (Å²) in [4.78, 5) is 0. The van der Waals surface area contributed by atoms with Crippen molar-refractivity contribution in [3.05, 3.63) is 41.8 Å². The summed E-state index contributed by atoms with van der Waals surface area (Å²) in [6.07, 6.45) is 2.51. The molecule has 1 aromatic heterocycles. The molecule has 1 aromatic carbocycles. The Labute approximate surface area is 112 Å². The normalized spacial score (nSPS) is 16.3. The van der Waals surface area contributed by atoms with E-state index in [1.807, 2.05) is 18.2 Å². The van der Waals surface area contributed by atoms with Crippen LogP contribution in [0.15, 0.2) is 34.7 Å². The molecule has 1 fully saturated rings. The van der Waals surface area contributed by atoms with Gasteiger partial charge in [0.25, 0.3) is 0 Å². The molecule has 100 valence electrons. The molecule has 0 bridgehead atoms. The number of aromatic nitrogens is 2. The first kappa shape index (κ1) is 12.2. The van der Waals surface area contributed by atoms with Gasteiger partial charge in [0.15, 0.2) is 0 Å². The maximum absolute atomic E-state index is 5.56. The number of nitrogens with zero attached hydrogens (tertiary/aromatic N) is 2. The molecule has 1 aliphatic rings. The van der Waals surface area contributed by atoms with Crippen LogP contribution in [0.1, 0.15) is 37.3 Å². The second kappa shape index (κ2) is 5.40. The van der Waals surface area contributed by atoms with E-state index in [0.29, 0.717) is 24.5 Å². The third kappa shape index (κ3) is 3.32. The van der Waals surface area contributed by atoms with Crippen LogP contribution in [0.3, 0.4) is 0 Å². The largest absolute Gasteiger partial charge is 0.407 e. The van der Waals surface area contributed by atoms with E-state index in [4.69, 9.17) is 4.42 Å². The zero-order valence-corrected chi connectivity index (χ0v) is 11.0. The number of anilines is 1. The Morgan fingerprint density at radius 2 is 2.05 bits per heavy atom. The lowest BCUT2D eigenvalue weighted by molar-refractivity contribution is 0.473. The maximum Gasteiger partial charge on any atom is 0.315 e. The number of nitrogens with one attached hydrogen (secondary N) is 2. The smallest absolute Gasteiger partial charge is 0.315 e. The van der Waals surface area contributed by atoms with E-state index >= 15 is 0 Å². The Hall–Kier alpha value is -1.88. The van der Waals surface area contributed by atoms with Crippen molar-refractivity contribution in [2.75, 3.05) is 5.32 Å². The Kier molecular flexibility index (Phi) is 3.46. The molecule has 2 N–H and O–H groups in total. The van der Waals surface area contributed by atoms with Crippen molar-refractivity contribution >= 4 is 6.01 Å². The zero-order valence-electron chi connectivity index (χ0n) is 11.0. The van der Waals surface area contributed by atoms with E-state index in [0.717, 1.165) is 0 Å². The molecule has 1 saturated carbocycles. The molecule has 0 amide bonds. The van der Waals surface area contributed by atoms with Crippen molar-refractivity contribution in [2.45, 2.75) is 38.4 Å². The SMILES string of the molecule is CC(Nc1nnc(CNC2CC2)o1)c1ccccc1. The van der Waals surface area contributed by atoms with Gasteiger partial charge in [-0.25, -0.2) is 0 Å². The van der Waals surface area contributed by atoms with Crippen molar-refractivity contribution in [3.8, 4) is 0 Å². The summed E-state index contributed by atoms with van der Waals surface area (Å²) in [6, 6.07) is 11.5. The van der Waals surface area contributed by atoms with Gasteiger partial charge in [-0.2, -0.15) is 0 Å². The van der Waals surface area contributed by atoms with Gasteiger partial charge in [-0.15, -0.1) is 5.10 Å². The van der Waals surface area contributed by atoms with Crippen LogP contribution in [0.25, 0.3) is 0 Å². The average Bonchev–Trinajstić information content (AvgIpc) is 3.17. The second-order valence-corrected chi connectivity index (χ2v) is 4.93. The van der Waals surface area contributed by atoms with Crippen LogP contribution in [-0.2, 0) is 6.54 Å². The molecule has 1 aliphatic carbocycles. The minimum Gasteiger partial charge on any atom is -0.407 e. The lowest BCUT2D eigenvalue weighted by Crippen LogP contribution is -2.15. The number of benzene rings is 1. The molecule has 0 saturated heterocycles. The van der Waals surface area contributed by atoms with Crippen molar-refractivity contribution in [3.63, 3.8) is 0 Å². The van der Waals surface area contributed by atoms with Crippen LogP contribution < -0.4 is 10.6 Å². The molecule has 0 radical (unpaired) electrons. The minimum absolute atomic E-state index is 0.144. The van der Waals surface area contributed by atoms with Gasteiger partial charge in [0, 0.05) is 6.04 Å². The third-order valence-electron chi connectivity index (χ3n) is 3.23. The predicted octanol–water partition coefficient (Wildman–Crippen LogP) is 2.49. The fourth-order valence-electron chi connectivity index (χ4n) is 1.91. The van der Waals surface area contributed by atoms with Crippen LogP contribution in [-0.4, -0.2) is 16.2 Å². The molecule has 2 aromatic rings. The van der Waals surface area contributed by atoms with Gasteiger partial charge in [-0.05, 0) is 25.3 Å². The van der Waals surface area contributed by atoms with Gasteiger partial charge in [0.1, 0.15) is 0 Å². The molecule has 0 aliphatic heterocycles. The van der Waals surface area contributed by atoms with E-state index in [1.165, 1.54) is 18.4 Å². The third-order valence-corrected chi connectivity index (χ3v) is 3.23. The summed E-state index contributed by atoms with van der Waals surface area (Å²) in [5.41, 5.74) is 1.19. The first-order valence-electron chi connectivity index (χ1n) is 6.68. The molecule has 1 atom stereocenters. The van der Waals surface area contributed by atoms with Gasteiger partial charge < -0.3 is 15.1 Å². The molecule has 0 spiro atoms. The lowest BCUT2D eigenvalue weighted by Gasteiger charge is -2.11. The van der Waals surface area contributed by atoms with Crippen LogP contribution in [0, 0.1) is 0 Å². The van der Waals surface area contributed by atoms with Gasteiger partial charge in [0.05, 0.1) is 12.6 Å². The molecule has 19 heavy (non-hydrogen) atoms. The van der Waals surface area contributed by atoms with Crippen molar-refractivity contribution in [1.82, 2.24) is 15.5 Å². The van der Waals surface area contributed by atoms with E-state index in [9.17, 15) is 0 Å². The second-order valence-electron chi connectivity index (χ2n) is 4.93. The van der Waals surface area contributed by atoms with Crippen LogP contribution in [0.4, 0.5) is 6.01 Å². The zero-order chi connectivity index (χ0) is 13.1. The van der Waals surface area contributed by atoms with Gasteiger partial charge in [0.2, 0.25) is 5.89 Å². The summed E-state index contributed by atoms with van der Waals surface area (Å²) >= 11 is 0. The maximum atomic E-state index is 5.56. The van der Waals surface area contributed by atoms with E-state index in [2.05, 4.69) is 39.9 Å². The summed E-state index contributed by atoms with van der Waals surface area (Å²) in [5.74, 6) is 0.634. The Morgan fingerprint density at radius 1 is 1.26 bits per heavy atom. The Bertz CT molecular complexity index is 521. The monoisotopic (exact) mass is 258 g/mol. The minimum atomic E-state index is 0.144. The van der Waals surface area contributed by atoms with E-state index in [1.54, 1.807) is 0 Å². The van der Waals surface area contributed by atoms with Crippen LogP contribution in [0.2, 0.25) is 0 Å². The van der Waals surface area contributed by atoms with E-state index < -0.39 is 0 Å². The summed E-state index contributed by atoms with van der Waals surface area (Å²) in [7, 11) is 0. The van der Waals surface area contributed by atoms with Gasteiger partial charge >= 0.3 is 6.01 Å². The van der Waals surface area contributed by atoms with Gasteiger partial charge in [-0.1, -0.05) is 35.4 Å². The van der Waals surface area contributed by atoms with Crippen molar-refractivity contribution in [1.29, 1.82) is 0 Å². The highest BCUT2D eigenvalue weighted by molar-refractivity contribution is 5.28. The molecule has 3 rings (SSSR count). The molecule has 5 heteroatoms. The first-order chi connectivity index (χ1) is 9.31. The molecule has 1 heterocycles. The quantitative estimate of drug-likeness (QED) is 0.833. The Balaban J connectivity index is 1.56. The molecule has 1 unspecified atom stereocenters. The molecular formula is C14H18N4O. The lowest BCUT2D eigenvalue weighted by atomic mass is 10.1. The van der Waals surface area contributed by atoms with Crippen LogP contribution in [0.5, 0.6) is 0 Å². The fraction of sp³-hybridized carbons (Fsp3) is 0.429. The van der Waals surface area contributed by atoms with Crippen LogP contribution >= 0.6 is 0 Å². The topological polar surface area (TPSA) is 63.0 Å². The Morgan fingerprint density at radius 3 is 2.79 bits per heavy atom. The standard InChI is InChI=1S/C14H18N4O/c1-10(11-5-3-2-4-6-11)16-14-18-17-13(19-14)9-15-12-7-8-12/h2-6,10,12,15H,7-9H2,1H3,(H,16,18). The number of hydrogen-bond acceptors (Lipinski definition) is 5. The fourth-order valence-corrected chi connectivity index (χ4v) is 1.91. The van der Waals surface area contributed by atoms with Crippen molar-refractivity contribution in [2.24, 2.45) is 0 Å². The van der Waals surface area contributed by atoms with E-state index in [-0.39, 0.29) is 6.04 Å². The van der Waals surface area contributed by atoms with Crippen molar-refractivity contribution < 1.29 is 4.42 Å². The number of hydrogen-bond donors (Lipinski definition) is 2. The average molecular weight is 258 g/mol. The summed E-state index contributed by atoms with van der Waals surface area (Å²) in [5, 5.41) is 14.6. The summed E-state index contributed by atoms with van der Waals surface area (Å²) in [6.45, 7) is 2.72. The summed E-state index contributed by atoms with van der Waals surface area (Å²) < 4.78 is 5.56. The highest BCUT2D eigenvalue weighted by atomic mass is 16.4. The highest BCUT2D eigenvalue weighted by Gasteiger charge is 2.21.